The lowest BCUT2D eigenvalue weighted by Gasteiger charge is -2.09. The van der Waals surface area contributed by atoms with Crippen LogP contribution in [0.25, 0.3) is 0 Å². The average Bonchev–Trinajstić information content (AvgIpc) is 2.52. The molecule has 0 saturated carbocycles. The molecule has 1 aromatic carbocycles. The quantitative estimate of drug-likeness (QED) is 0.640. The molecule has 76 valence electrons. The maximum absolute atomic E-state index is 11.6. The molecule has 0 fully saturated rings. The molecule has 0 radical (unpaired) electrons. The van der Waals surface area contributed by atoms with E-state index in [1.807, 2.05) is 0 Å². The molecule has 0 atom stereocenters. The zero-order valence-electron chi connectivity index (χ0n) is 7.77. The van der Waals surface area contributed by atoms with E-state index in [1.54, 1.807) is 12.1 Å². The van der Waals surface area contributed by atoms with Gasteiger partial charge >= 0.3 is 0 Å². The Balaban J connectivity index is 2.50. The van der Waals surface area contributed by atoms with E-state index in [9.17, 15) is 14.4 Å². The molecular weight excluding hydrogens is 196 g/mol. The fourth-order valence-corrected chi connectivity index (χ4v) is 1.51. The van der Waals surface area contributed by atoms with Gasteiger partial charge in [0.05, 0.1) is 17.7 Å². The Morgan fingerprint density at radius 1 is 1.13 bits per heavy atom. The fourth-order valence-electron chi connectivity index (χ4n) is 1.51. The van der Waals surface area contributed by atoms with Gasteiger partial charge < -0.3 is 5.73 Å². The van der Waals surface area contributed by atoms with Gasteiger partial charge in [0.1, 0.15) is 0 Å². The molecule has 0 bridgehead atoms. The normalized spacial score (nSPS) is 14.3. The first kappa shape index (κ1) is 9.54. The van der Waals surface area contributed by atoms with Crippen molar-refractivity contribution < 1.29 is 14.4 Å². The Hall–Kier alpha value is -2.01. The van der Waals surface area contributed by atoms with E-state index in [2.05, 4.69) is 0 Å². The summed E-state index contributed by atoms with van der Waals surface area (Å²) < 4.78 is 0. The highest BCUT2D eigenvalue weighted by atomic mass is 16.2. The predicted octanol–water partition coefficient (Wildman–Crippen LogP) is -0.232. The maximum atomic E-state index is 11.6. The summed E-state index contributed by atoms with van der Waals surface area (Å²) in [5, 5.41) is 0. The third kappa shape index (κ3) is 1.25. The van der Waals surface area contributed by atoms with Crippen LogP contribution in [0.15, 0.2) is 24.3 Å². The molecular formula is C10H8N2O3. The van der Waals surface area contributed by atoms with Gasteiger partial charge in [0.15, 0.2) is 0 Å². The Morgan fingerprint density at radius 2 is 1.60 bits per heavy atom. The van der Waals surface area contributed by atoms with Gasteiger partial charge in [-0.15, -0.1) is 0 Å². The Kier molecular flexibility index (Phi) is 2.09. The van der Waals surface area contributed by atoms with Crippen molar-refractivity contribution >= 4 is 17.7 Å². The molecule has 1 aliphatic rings. The number of carbonyl (C=O) groups is 3. The molecule has 1 aromatic rings. The summed E-state index contributed by atoms with van der Waals surface area (Å²) in [5.74, 6) is -1.86. The number of rotatable bonds is 1. The topological polar surface area (TPSA) is 80.5 Å². The fraction of sp³-hybridized carbons (Fsp3) is 0.100. The Bertz CT molecular complexity index is 432. The SMILES string of the molecule is NCC(=O)N1C(=O)c2ccccc2C1=O. The van der Waals surface area contributed by atoms with Crippen LogP contribution in [-0.4, -0.2) is 29.2 Å². The molecule has 5 heteroatoms. The first-order chi connectivity index (χ1) is 7.16. The second-order valence-electron chi connectivity index (χ2n) is 3.09. The van der Waals surface area contributed by atoms with Gasteiger partial charge in [0, 0.05) is 0 Å². The molecule has 0 saturated heterocycles. The zero-order chi connectivity index (χ0) is 11.0. The standard InChI is InChI=1S/C10H8N2O3/c11-5-8(13)12-9(14)6-3-1-2-4-7(6)10(12)15/h1-4H,5,11H2. The van der Waals surface area contributed by atoms with E-state index in [0.717, 1.165) is 0 Å². The number of amides is 3. The summed E-state index contributed by atoms with van der Waals surface area (Å²) in [6.45, 7) is -0.356. The number of imide groups is 3. The van der Waals surface area contributed by atoms with Crippen molar-refractivity contribution in [3.63, 3.8) is 0 Å². The highest BCUT2D eigenvalue weighted by molar-refractivity contribution is 6.29. The van der Waals surface area contributed by atoms with Crippen molar-refractivity contribution in [1.29, 1.82) is 0 Å². The summed E-state index contributed by atoms with van der Waals surface area (Å²) in [5.41, 5.74) is 5.62. The van der Waals surface area contributed by atoms with Crippen LogP contribution in [0.1, 0.15) is 20.7 Å². The first-order valence-electron chi connectivity index (χ1n) is 4.37. The molecule has 0 aliphatic carbocycles. The highest BCUT2D eigenvalue weighted by Gasteiger charge is 2.38. The van der Waals surface area contributed by atoms with Gasteiger partial charge in [0.25, 0.3) is 11.8 Å². The van der Waals surface area contributed by atoms with Crippen molar-refractivity contribution in [2.24, 2.45) is 5.73 Å². The third-order valence-corrected chi connectivity index (χ3v) is 2.22. The Labute approximate surface area is 85.5 Å². The van der Waals surface area contributed by atoms with Crippen molar-refractivity contribution in [3.8, 4) is 0 Å². The lowest BCUT2D eigenvalue weighted by molar-refractivity contribution is -0.124. The average molecular weight is 204 g/mol. The Morgan fingerprint density at radius 3 is 2.00 bits per heavy atom. The number of nitrogens with two attached hydrogens (primary N) is 1. The van der Waals surface area contributed by atoms with Gasteiger partial charge in [0.2, 0.25) is 5.91 Å². The van der Waals surface area contributed by atoms with Gasteiger partial charge in [-0.25, -0.2) is 4.90 Å². The lowest BCUT2D eigenvalue weighted by atomic mass is 10.1. The van der Waals surface area contributed by atoms with Crippen LogP contribution < -0.4 is 5.73 Å². The molecule has 3 amide bonds. The van der Waals surface area contributed by atoms with E-state index in [-0.39, 0.29) is 17.7 Å². The van der Waals surface area contributed by atoms with Crippen molar-refractivity contribution in [2.75, 3.05) is 6.54 Å². The largest absolute Gasteiger partial charge is 0.322 e. The number of hydrogen-bond donors (Lipinski definition) is 1. The highest BCUT2D eigenvalue weighted by Crippen LogP contribution is 2.21. The molecule has 0 aromatic heterocycles. The van der Waals surface area contributed by atoms with E-state index in [4.69, 9.17) is 5.73 Å². The van der Waals surface area contributed by atoms with Gasteiger partial charge in [-0.05, 0) is 12.1 Å². The molecule has 0 spiro atoms. The number of benzene rings is 1. The molecule has 15 heavy (non-hydrogen) atoms. The van der Waals surface area contributed by atoms with Crippen LogP contribution >= 0.6 is 0 Å². The number of carbonyl (C=O) groups excluding carboxylic acids is 3. The monoisotopic (exact) mass is 204 g/mol. The van der Waals surface area contributed by atoms with Crippen LogP contribution in [0, 0.1) is 0 Å². The van der Waals surface area contributed by atoms with E-state index in [0.29, 0.717) is 4.90 Å². The summed E-state index contributed by atoms with van der Waals surface area (Å²) in [7, 11) is 0. The minimum absolute atomic E-state index is 0.254. The summed E-state index contributed by atoms with van der Waals surface area (Å²) in [6, 6.07) is 6.31. The van der Waals surface area contributed by atoms with Gasteiger partial charge in [-0.3, -0.25) is 14.4 Å². The van der Waals surface area contributed by atoms with Crippen LogP contribution in [0.3, 0.4) is 0 Å². The summed E-state index contributed by atoms with van der Waals surface area (Å²) in [4.78, 5) is 35.1. The summed E-state index contributed by atoms with van der Waals surface area (Å²) >= 11 is 0. The molecule has 5 nitrogen and oxygen atoms in total. The maximum Gasteiger partial charge on any atom is 0.268 e. The molecule has 2 N–H and O–H groups in total. The molecule has 2 rings (SSSR count). The summed E-state index contributed by atoms with van der Waals surface area (Å²) in [6.07, 6.45) is 0. The van der Waals surface area contributed by atoms with E-state index in [1.165, 1.54) is 12.1 Å². The van der Waals surface area contributed by atoms with Crippen molar-refractivity contribution in [3.05, 3.63) is 35.4 Å². The first-order valence-corrected chi connectivity index (χ1v) is 4.37. The second kappa shape index (κ2) is 3.29. The second-order valence-corrected chi connectivity index (χ2v) is 3.09. The van der Waals surface area contributed by atoms with Crippen LogP contribution in [-0.2, 0) is 4.79 Å². The molecule has 0 unspecified atom stereocenters. The van der Waals surface area contributed by atoms with Gasteiger partial charge in [-0.1, -0.05) is 12.1 Å². The predicted molar refractivity (Wildman–Crippen MR) is 51.0 cm³/mol. The van der Waals surface area contributed by atoms with Crippen LogP contribution in [0.2, 0.25) is 0 Å². The smallest absolute Gasteiger partial charge is 0.268 e. The zero-order valence-corrected chi connectivity index (χ0v) is 7.77. The van der Waals surface area contributed by atoms with Crippen LogP contribution in [0.5, 0.6) is 0 Å². The van der Waals surface area contributed by atoms with Gasteiger partial charge in [-0.2, -0.15) is 0 Å². The number of fused-ring (bicyclic) bond motifs is 1. The number of nitrogens with zero attached hydrogens (tertiary/aromatic N) is 1. The van der Waals surface area contributed by atoms with E-state index < -0.39 is 17.7 Å². The molecule has 1 heterocycles. The molecule has 1 aliphatic heterocycles. The third-order valence-electron chi connectivity index (χ3n) is 2.22. The van der Waals surface area contributed by atoms with Crippen LogP contribution in [0.4, 0.5) is 0 Å². The van der Waals surface area contributed by atoms with Crippen molar-refractivity contribution in [2.45, 2.75) is 0 Å². The number of hydrogen-bond acceptors (Lipinski definition) is 4. The minimum Gasteiger partial charge on any atom is -0.322 e. The van der Waals surface area contributed by atoms with E-state index >= 15 is 0 Å². The lowest BCUT2D eigenvalue weighted by Crippen LogP contribution is -2.40. The van der Waals surface area contributed by atoms with Crippen molar-refractivity contribution in [1.82, 2.24) is 4.90 Å². The minimum atomic E-state index is -0.679.